The topological polar surface area (TPSA) is 75.4 Å². The zero-order valence-electron chi connectivity index (χ0n) is 12.3. The van der Waals surface area contributed by atoms with Crippen LogP contribution in [-0.4, -0.2) is 42.9 Å². The number of piperidine rings is 1. The quantitative estimate of drug-likeness (QED) is 0.831. The lowest BCUT2D eigenvalue weighted by molar-refractivity contribution is -0.133. The fourth-order valence-corrected chi connectivity index (χ4v) is 2.69. The lowest BCUT2D eigenvalue weighted by atomic mass is 9.90. The average Bonchev–Trinajstić information content (AvgIpc) is 2.54. The molecule has 0 radical (unpaired) electrons. The van der Waals surface area contributed by atoms with Gasteiger partial charge in [0, 0.05) is 13.1 Å². The van der Waals surface area contributed by atoms with Gasteiger partial charge < -0.3 is 16.0 Å². The predicted molar refractivity (Wildman–Crippen MR) is 81.5 cm³/mol. The van der Waals surface area contributed by atoms with Crippen LogP contribution < -0.4 is 11.1 Å². The number of likely N-dealkylation sites (tertiary alicyclic amines) is 1. The molecule has 2 rings (SSSR count). The highest BCUT2D eigenvalue weighted by Crippen LogP contribution is 2.21. The summed E-state index contributed by atoms with van der Waals surface area (Å²) < 4.78 is 0. The number of carbonyl (C=O) groups excluding carboxylic acids is 2. The number of amides is 2. The fourth-order valence-electron chi connectivity index (χ4n) is 2.69. The predicted octanol–water partition coefficient (Wildman–Crippen LogP) is 0.543. The summed E-state index contributed by atoms with van der Waals surface area (Å²) in [6, 6.07) is 10.5. The van der Waals surface area contributed by atoms with Crippen LogP contribution >= 0.6 is 0 Å². The fraction of sp³-hybridized carbons (Fsp3) is 0.500. The number of hydrogen-bond donors (Lipinski definition) is 2. The molecule has 0 aliphatic carbocycles. The summed E-state index contributed by atoms with van der Waals surface area (Å²) in [7, 11) is 0. The van der Waals surface area contributed by atoms with Crippen LogP contribution in [0.4, 0.5) is 0 Å². The number of nitrogens with one attached hydrogen (secondary N) is 1. The van der Waals surface area contributed by atoms with E-state index in [0.717, 1.165) is 32.4 Å². The monoisotopic (exact) mass is 289 g/mol. The molecule has 0 unspecified atom stereocenters. The average molecular weight is 289 g/mol. The van der Waals surface area contributed by atoms with Crippen LogP contribution in [0.25, 0.3) is 0 Å². The highest BCUT2D eigenvalue weighted by Gasteiger charge is 2.22. The molecule has 114 valence electrons. The number of nitrogens with two attached hydrogens (primary N) is 1. The third-order valence-corrected chi connectivity index (χ3v) is 3.96. The van der Waals surface area contributed by atoms with E-state index in [1.54, 1.807) is 0 Å². The van der Waals surface area contributed by atoms with Crippen molar-refractivity contribution in [2.75, 3.05) is 26.2 Å². The van der Waals surface area contributed by atoms with Crippen molar-refractivity contribution in [1.29, 1.82) is 0 Å². The van der Waals surface area contributed by atoms with Crippen LogP contribution in [0, 0.1) is 5.92 Å². The molecule has 1 heterocycles. The van der Waals surface area contributed by atoms with E-state index in [-0.39, 0.29) is 24.9 Å². The van der Waals surface area contributed by atoms with Gasteiger partial charge in [-0.05, 0) is 30.7 Å². The molecule has 1 saturated heterocycles. The summed E-state index contributed by atoms with van der Waals surface area (Å²) in [6.07, 6.45) is 3.11. The Balaban J connectivity index is 1.72. The van der Waals surface area contributed by atoms with Gasteiger partial charge in [-0.3, -0.25) is 9.59 Å². The molecule has 2 amide bonds. The van der Waals surface area contributed by atoms with Gasteiger partial charge >= 0.3 is 0 Å². The summed E-state index contributed by atoms with van der Waals surface area (Å²) in [5.41, 5.74) is 6.55. The minimum absolute atomic E-state index is 0.0186. The Hall–Kier alpha value is -1.88. The van der Waals surface area contributed by atoms with E-state index in [0.29, 0.717) is 5.92 Å². The van der Waals surface area contributed by atoms with Crippen LogP contribution in [0.15, 0.2) is 30.3 Å². The molecule has 0 saturated carbocycles. The van der Waals surface area contributed by atoms with Crippen LogP contribution in [0.1, 0.15) is 18.4 Å². The van der Waals surface area contributed by atoms with Crippen molar-refractivity contribution in [2.45, 2.75) is 19.3 Å². The van der Waals surface area contributed by atoms with Gasteiger partial charge in [0.2, 0.25) is 11.8 Å². The van der Waals surface area contributed by atoms with Crippen molar-refractivity contribution in [3.05, 3.63) is 35.9 Å². The Morgan fingerprint density at radius 1 is 1.19 bits per heavy atom. The van der Waals surface area contributed by atoms with Gasteiger partial charge in [0.15, 0.2) is 0 Å². The van der Waals surface area contributed by atoms with Crippen LogP contribution in [0.5, 0.6) is 0 Å². The molecule has 0 atom stereocenters. The van der Waals surface area contributed by atoms with Crippen molar-refractivity contribution in [3.8, 4) is 0 Å². The number of carbonyl (C=O) groups is 2. The third-order valence-electron chi connectivity index (χ3n) is 3.96. The Morgan fingerprint density at radius 3 is 2.48 bits per heavy atom. The maximum Gasteiger partial charge on any atom is 0.241 e. The van der Waals surface area contributed by atoms with Gasteiger partial charge in [-0.2, -0.15) is 0 Å². The Morgan fingerprint density at radius 2 is 1.86 bits per heavy atom. The minimum atomic E-state index is -0.290. The summed E-state index contributed by atoms with van der Waals surface area (Å²) in [6.45, 7) is 1.52. The SMILES string of the molecule is NCC(=O)NCC(=O)N1CCC(Cc2ccccc2)CC1. The Kier molecular flexibility index (Phi) is 5.75. The zero-order chi connectivity index (χ0) is 15.1. The van der Waals surface area contributed by atoms with Crippen LogP contribution in [0.3, 0.4) is 0 Å². The van der Waals surface area contributed by atoms with E-state index in [1.807, 2.05) is 11.0 Å². The largest absolute Gasteiger partial charge is 0.346 e. The lowest BCUT2D eigenvalue weighted by Crippen LogP contribution is -2.45. The highest BCUT2D eigenvalue weighted by molar-refractivity contribution is 5.85. The number of benzene rings is 1. The summed E-state index contributed by atoms with van der Waals surface area (Å²) in [4.78, 5) is 24.8. The van der Waals surface area contributed by atoms with Crippen molar-refractivity contribution < 1.29 is 9.59 Å². The first-order valence-corrected chi connectivity index (χ1v) is 7.47. The summed E-state index contributed by atoms with van der Waals surface area (Å²) >= 11 is 0. The molecular formula is C16H23N3O2. The molecule has 0 bridgehead atoms. The standard InChI is InChI=1S/C16H23N3O2/c17-11-15(20)18-12-16(21)19-8-6-14(7-9-19)10-13-4-2-1-3-5-13/h1-5,14H,6-12,17H2,(H,18,20). The third kappa shape index (κ3) is 4.86. The molecule has 0 aromatic heterocycles. The molecule has 1 fully saturated rings. The molecule has 1 aromatic rings. The number of rotatable bonds is 5. The first kappa shape index (κ1) is 15.5. The highest BCUT2D eigenvalue weighted by atomic mass is 16.2. The molecule has 3 N–H and O–H groups in total. The molecular weight excluding hydrogens is 266 g/mol. The maximum atomic E-state index is 12.0. The van der Waals surface area contributed by atoms with Gasteiger partial charge in [0.05, 0.1) is 13.1 Å². The molecule has 1 aromatic carbocycles. The molecule has 5 nitrogen and oxygen atoms in total. The van der Waals surface area contributed by atoms with Gasteiger partial charge in [-0.1, -0.05) is 30.3 Å². The molecule has 1 aliphatic heterocycles. The van der Waals surface area contributed by atoms with E-state index in [9.17, 15) is 9.59 Å². The van der Waals surface area contributed by atoms with E-state index in [4.69, 9.17) is 5.73 Å². The van der Waals surface area contributed by atoms with E-state index in [1.165, 1.54) is 5.56 Å². The van der Waals surface area contributed by atoms with Crippen LogP contribution in [-0.2, 0) is 16.0 Å². The first-order chi connectivity index (χ1) is 10.2. The zero-order valence-corrected chi connectivity index (χ0v) is 12.3. The van der Waals surface area contributed by atoms with Crippen molar-refractivity contribution in [1.82, 2.24) is 10.2 Å². The normalized spacial score (nSPS) is 15.8. The van der Waals surface area contributed by atoms with Gasteiger partial charge in [0.1, 0.15) is 0 Å². The van der Waals surface area contributed by atoms with E-state index < -0.39 is 0 Å². The Labute approximate surface area is 125 Å². The molecule has 1 aliphatic rings. The molecule has 0 spiro atoms. The smallest absolute Gasteiger partial charge is 0.241 e. The van der Waals surface area contributed by atoms with Crippen molar-refractivity contribution in [3.63, 3.8) is 0 Å². The molecule has 5 heteroatoms. The van der Waals surface area contributed by atoms with Crippen molar-refractivity contribution in [2.24, 2.45) is 11.7 Å². The second-order valence-electron chi connectivity index (χ2n) is 5.49. The van der Waals surface area contributed by atoms with E-state index in [2.05, 4.69) is 29.6 Å². The first-order valence-electron chi connectivity index (χ1n) is 7.47. The number of nitrogens with zero attached hydrogens (tertiary/aromatic N) is 1. The Bertz CT molecular complexity index is 468. The van der Waals surface area contributed by atoms with Gasteiger partial charge in [-0.15, -0.1) is 0 Å². The second kappa shape index (κ2) is 7.78. The van der Waals surface area contributed by atoms with Crippen LogP contribution in [0.2, 0.25) is 0 Å². The second-order valence-corrected chi connectivity index (χ2v) is 5.49. The molecule has 21 heavy (non-hydrogen) atoms. The van der Waals surface area contributed by atoms with Crippen molar-refractivity contribution >= 4 is 11.8 Å². The van der Waals surface area contributed by atoms with Gasteiger partial charge in [0.25, 0.3) is 0 Å². The van der Waals surface area contributed by atoms with Gasteiger partial charge in [-0.25, -0.2) is 0 Å². The summed E-state index contributed by atoms with van der Waals surface area (Å²) in [5.74, 6) is 0.326. The lowest BCUT2D eigenvalue weighted by Gasteiger charge is -2.32. The maximum absolute atomic E-state index is 12.0. The number of hydrogen-bond acceptors (Lipinski definition) is 3. The minimum Gasteiger partial charge on any atom is -0.346 e. The summed E-state index contributed by atoms with van der Waals surface area (Å²) in [5, 5.41) is 2.53. The van der Waals surface area contributed by atoms with E-state index >= 15 is 0 Å².